The maximum Gasteiger partial charge on any atom is 0.416 e. The Hall–Kier alpha value is -3.07. The van der Waals surface area contributed by atoms with Gasteiger partial charge in [0.1, 0.15) is 5.75 Å². The van der Waals surface area contributed by atoms with Gasteiger partial charge in [0, 0.05) is 10.9 Å². The summed E-state index contributed by atoms with van der Waals surface area (Å²) in [6.45, 7) is 0. The van der Waals surface area contributed by atoms with E-state index in [9.17, 15) is 26.4 Å². The fourth-order valence-electron chi connectivity index (χ4n) is 4.12. The SMILES string of the molecule is COc1ccc(C(F)(F)F)c2c1C(C(=O)NS(=O)(=O)c1cccc3ccccc13)CC2. The van der Waals surface area contributed by atoms with E-state index in [2.05, 4.69) is 4.72 Å². The molecule has 3 aromatic carbocycles. The zero-order valence-electron chi connectivity index (χ0n) is 16.4. The first-order chi connectivity index (χ1) is 14.6. The number of amides is 1. The molecule has 0 heterocycles. The minimum atomic E-state index is -4.59. The number of benzene rings is 3. The average molecular weight is 449 g/mol. The maximum absolute atomic E-state index is 13.4. The summed E-state index contributed by atoms with van der Waals surface area (Å²) in [5.74, 6) is -1.83. The van der Waals surface area contributed by atoms with E-state index in [1.807, 2.05) is 0 Å². The first-order valence-electron chi connectivity index (χ1n) is 9.45. The molecule has 1 aliphatic rings. The number of hydrogen-bond donors (Lipinski definition) is 1. The number of methoxy groups -OCH3 is 1. The summed E-state index contributed by atoms with van der Waals surface area (Å²) in [4.78, 5) is 12.9. The summed E-state index contributed by atoms with van der Waals surface area (Å²) >= 11 is 0. The Morgan fingerprint density at radius 1 is 1.06 bits per heavy atom. The molecule has 0 bridgehead atoms. The maximum atomic E-state index is 13.4. The van der Waals surface area contributed by atoms with E-state index < -0.39 is 33.6 Å². The van der Waals surface area contributed by atoms with Crippen molar-refractivity contribution in [2.45, 2.75) is 29.8 Å². The van der Waals surface area contributed by atoms with Crippen molar-refractivity contribution in [3.05, 3.63) is 71.3 Å². The predicted octanol–water partition coefficient (Wildman–Crippen LogP) is 4.40. The van der Waals surface area contributed by atoms with Gasteiger partial charge in [0.2, 0.25) is 5.91 Å². The van der Waals surface area contributed by atoms with Crippen molar-refractivity contribution < 1.29 is 31.1 Å². The molecule has 5 nitrogen and oxygen atoms in total. The molecule has 3 aromatic rings. The molecule has 162 valence electrons. The van der Waals surface area contributed by atoms with Crippen LogP contribution in [0.4, 0.5) is 13.2 Å². The number of halogens is 3. The van der Waals surface area contributed by atoms with Crippen LogP contribution >= 0.6 is 0 Å². The lowest BCUT2D eigenvalue weighted by Crippen LogP contribution is -2.34. The van der Waals surface area contributed by atoms with Crippen LogP contribution in [0, 0.1) is 0 Å². The lowest BCUT2D eigenvalue weighted by molar-refractivity contribution is -0.138. The molecule has 0 aliphatic heterocycles. The molecule has 0 spiro atoms. The molecule has 4 rings (SSSR count). The van der Waals surface area contributed by atoms with Gasteiger partial charge in [0.25, 0.3) is 10.0 Å². The number of carbonyl (C=O) groups excluding carboxylic acids is 1. The van der Waals surface area contributed by atoms with E-state index in [-0.39, 0.29) is 34.6 Å². The van der Waals surface area contributed by atoms with Gasteiger partial charge in [-0.25, -0.2) is 13.1 Å². The Bertz CT molecular complexity index is 1280. The van der Waals surface area contributed by atoms with Crippen LogP contribution in [0.25, 0.3) is 10.8 Å². The fraction of sp³-hybridized carbons (Fsp3) is 0.227. The summed E-state index contributed by atoms with van der Waals surface area (Å²) in [5, 5.41) is 1.12. The highest BCUT2D eigenvalue weighted by atomic mass is 32.2. The summed E-state index contributed by atoms with van der Waals surface area (Å²) in [6.07, 6.45) is -4.54. The lowest BCUT2D eigenvalue weighted by Gasteiger charge is -2.18. The molecular weight excluding hydrogens is 431 g/mol. The van der Waals surface area contributed by atoms with Crippen molar-refractivity contribution in [1.29, 1.82) is 0 Å². The normalized spacial score (nSPS) is 16.2. The molecule has 9 heteroatoms. The topological polar surface area (TPSA) is 72.5 Å². The first kappa shape index (κ1) is 21.2. The van der Waals surface area contributed by atoms with Gasteiger partial charge in [-0.15, -0.1) is 0 Å². The van der Waals surface area contributed by atoms with Gasteiger partial charge in [0.05, 0.1) is 23.5 Å². The number of fused-ring (bicyclic) bond motifs is 2. The van der Waals surface area contributed by atoms with Crippen LogP contribution in [0.3, 0.4) is 0 Å². The van der Waals surface area contributed by atoms with Gasteiger partial charge in [-0.1, -0.05) is 36.4 Å². The van der Waals surface area contributed by atoms with Crippen molar-refractivity contribution in [2.75, 3.05) is 7.11 Å². The van der Waals surface area contributed by atoms with Gasteiger partial charge < -0.3 is 4.74 Å². The van der Waals surface area contributed by atoms with E-state index >= 15 is 0 Å². The molecule has 31 heavy (non-hydrogen) atoms. The van der Waals surface area contributed by atoms with E-state index in [1.165, 1.54) is 13.2 Å². The highest BCUT2D eigenvalue weighted by Crippen LogP contribution is 2.45. The second-order valence-corrected chi connectivity index (χ2v) is 8.89. The highest BCUT2D eigenvalue weighted by Gasteiger charge is 2.41. The number of rotatable bonds is 4. The Labute approximate surface area is 176 Å². The van der Waals surface area contributed by atoms with Crippen molar-refractivity contribution in [2.24, 2.45) is 0 Å². The van der Waals surface area contributed by atoms with Crippen LogP contribution in [0.5, 0.6) is 5.75 Å². The van der Waals surface area contributed by atoms with Gasteiger partial charge in [0.15, 0.2) is 0 Å². The van der Waals surface area contributed by atoms with Crippen LogP contribution in [-0.4, -0.2) is 21.4 Å². The average Bonchev–Trinajstić information content (AvgIpc) is 3.17. The molecule has 1 amide bonds. The fourth-order valence-corrected chi connectivity index (χ4v) is 5.37. The summed E-state index contributed by atoms with van der Waals surface area (Å²) in [5.41, 5.74) is -0.784. The quantitative estimate of drug-likeness (QED) is 0.641. The molecule has 1 atom stereocenters. The molecule has 0 radical (unpaired) electrons. The number of carbonyl (C=O) groups is 1. The van der Waals surface area contributed by atoms with E-state index in [0.717, 1.165) is 12.1 Å². The Morgan fingerprint density at radius 3 is 2.48 bits per heavy atom. The third-order valence-corrected chi connectivity index (χ3v) is 6.87. The molecule has 0 fully saturated rings. The van der Waals surface area contributed by atoms with E-state index in [0.29, 0.717) is 10.8 Å². The van der Waals surface area contributed by atoms with Crippen LogP contribution in [0.1, 0.15) is 29.0 Å². The van der Waals surface area contributed by atoms with Crippen molar-refractivity contribution in [3.63, 3.8) is 0 Å². The van der Waals surface area contributed by atoms with Gasteiger partial charge >= 0.3 is 6.18 Å². The molecule has 0 saturated carbocycles. The number of nitrogens with one attached hydrogen (secondary N) is 1. The van der Waals surface area contributed by atoms with Crippen LogP contribution in [0.15, 0.2) is 59.5 Å². The molecule has 0 saturated heterocycles. The third-order valence-electron chi connectivity index (χ3n) is 5.46. The molecule has 1 N–H and O–H groups in total. The number of ether oxygens (including phenoxy) is 1. The highest BCUT2D eigenvalue weighted by molar-refractivity contribution is 7.90. The van der Waals surface area contributed by atoms with Crippen LogP contribution in [0.2, 0.25) is 0 Å². The molecule has 1 unspecified atom stereocenters. The van der Waals surface area contributed by atoms with Crippen molar-refractivity contribution in [1.82, 2.24) is 4.72 Å². The Kier molecular flexibility index (Phi) is 5.17. The zero-order chi connectivity index (χ0) is 22.4. The van der Waals surface area contributed by atoms with Crippen molar-refractivity contribution >= 4 is 26.7 Å². The van der Waals surface area contributed by atoms with Gasteiger partial charge in [-0.2, -0.15) is 13.2 Å². The van der Waals surface area contributed by atoms with Crippen LogP contribution in [-0.2, 0) is 27.4 Å². The summed E-state index contributed by atoms with van der Waals surface area (Å²) in [6, 6.07) is 13.6. The standard InChI is InChI=1S/C22H18F3NO4S/c1-30-18-12-11-17(22(23,24)25)15-9-10-16(20(15)18)21(27)26-31(28,29)19-8-4-6-13-5-2-3-7-14(13)19/h2-8,11-12,16H,9-10H2,1H3,(H,26,27). The van der Waals surface area contributed by atoms with Gasteiger partial charge in [-0.05, 0) is 42.0 Å². The zero-order valence-corrected chi connectivity index (χ0v) is 17.2. The van der Waals surface area contributed by atoms with Gasteiger partial charge in [-0.3, -0.25) is 4.79 Å². The number of hydrogen-bond acceptors (Lipinski definition) is 4. The Balaban J connectivity index is 1.71. The van der Waals surface area contributed by atoms with E-state index in [1.54, 1.807) is 36.4 Å². The number of sulfonamides is 1. The van der Waals surface area contributed by atoms with Crippen LogP contribution < -0.4 is 9.46 Å². The lowest BCUT2D eigenvalue weighted by atomic mass is 9.96. The molecule has 0 aromatic heterocycles. The number of alkyl halides is 3. The first-order valence-corrected chi connectivity index (χ1v) is 10.9. The molecule has 1 aliphatic carbocycles. The second kappa shape index (κ2) is 7.56. The largest absolute Gasteiger partial charge is 0.496 e. The monoisotopic (exact) mass is 449 g/mol. The third kappa shape index (κ3) is 3.74. The minimum absolute atomic E-state index is 0.00617. The second-order valence-electron chi connectivity index (χ2n) is 7.24. The molecular formula is C22H18F3NO4S. The minimum Gasteiger partial charge on any atom is -0.496 e. The smallest absolute Gasteiger partial charge is 0.416 e. The Morgan fingerprint density at radius 2 is 1.77 bits per heavy atom. The summed E-state index contributed by atoms with van der Waals surface area (Å²) < 4.78 is 73.4. The van der Waals surface area contributed by atoms with Crippen molar-refractivity contribution in [3.8, 4) is 5.75 Å². The predicted molar refractivity (Wildman–Crippen MR) is 108 cm³/mol. The summed E-state index contributed by atoms with van der Waals surface area (Å²) in [7, 11) is -2.95. The van der Waals surface area contributed by atoms with E-state index in [4.69, 9.17) is 4.74 Å².